The molecule has 1 heterocycles. The lowest BCUT2D eigenvalue weighted by atomic mass is 10.1. The summed E-state index contributed by atoms with van der Waals surface area (Å²) in [6, 6.07) is 9.91. The number of nitrogens with zero attached hydrogens (tertiary/aromatic N) is 1. The first-order valence-corrected chi connectivity index (χ1v) is 8.13. The summed E-state index contributed by atoms with van der Waals surface area (Å²) in [6.07, 6.45) is 0. The van der Waals surface area contributed by atoms with Crippen molar-refractivity contribution >= 4 is 11.9 Å². The average molecular weight is 373 g/mol. The van der Waals surface area contributed by atoms with E-state index in [9.17, 15) is 14.7 Å². The number of carboxylic acid groups (broad SMARTS) is 1. The van der Waals surface area contributed by atoms with Crippen molar-refractivity contribution in [3.8, 4) is 23.0 Å². The van der Waals surface area contributed by atoms with Gasteiger partial charge in [0.25, 0.3) is 5.91 Å². The second-order valence-corrected chi connectivity index (χ2v) is 5.84. The zero-order chi connectivity index (χ0) is 19.4. The van der Waals surface area contributed by atoms with Gasteiger partial charge in [-0.2, -0.15) is 0 Å². The molecule has 0 aromatic heterocycles. The lowest BCUT2D eigenvalue weighted by Crippen LogP contribution is -2.35. The number of ether oxygens (including phenoxy) is 4. The Balaban J connectivity index is 1.87. The topological polar surface area (TPSA) is 94.5 Å². The molecule has 1 aliphatic rings. The van der Waals surface area contributed by atoms with E-state index < -0.39 is 18.4 Å². The molecule has 0 saturated carbocycles. The summed E-state index contributed by atoms with van der Waals surface area (Å²) in [4.78, 5) is 25.4. The summed E-state index contributed by atoms with van der Waals surface area (Å²) in [7, 11) is 3.04. The van der Waals surface area contributed by atoms with Crippen LogP contribution in [-0.4, -0.2) is 49.4 Å². The van der Waals surface area contributed by atoms with Crippen molar-refractivity contribution in [1.29, 1.82) is 0 Å². The van der Waals surface area contributed by atoms with E-state index in [1.165, 1.54) is 19.1 Å². The van der Waals surface area contributed by atoms with E-state index in [4.69, 9.17) is 18.9 Å². The molecule has 0 unspecified atom stereocenters. The first kappa shape index (κ1) is 18.4. The number of carbonyl (C=O) groups excluding carboxylic acids is 1. The van der Waals surface area contributed by atoms with Crippen molar-refractivity contribution in [2.75, 3.05) is 27.6 Å². The zero-order valence-corrected chi connectivity index (χ0v) is 14.9. The normalized spacial score (nSPS) is 11.8. The molecule has 8 nitrogen and oxygen atoms in total. The molecule has 0 spiro atoms. The van der Waals surface area contributed by atoms with Crippen LogP contribution in [0.15, 0.2) is 36.4 Å². The Hall–Kier alpha value is -3.42. The fourth-order valence-corrected chi connectivity index (χ4v) is 2.75. The molecule has 0 saturated heterocycles. The Labute approximate surface area is 155 Å². The number of methoxy groups -OCH3 is 2. The molecule has 0 aliphatic carbocycles. The zero-order valence-electron chi connectivity index (χ0n) is 14.9. The van der Waals surface area contributed by atoms with Crippen LogP contribution in [0.4, 0.5) is 0 Å². The van der Waals surface area contributed by atoms with Crippen LogP contribution in [0, 0.1) is 0 Å². The monoisotopic (exact) mass is 373 g/mol. The predicted molar refractivity (Wildman–Crippen MR) is 94.5 cm³/mol. The number of aliphatic carboxylic acids is 1. The van der Waals surface area contributed by atoms with Gasteiger partial charge in [-0.1, -0.05) is 0 Å². The summed E-state index contributed by atoms with van der Waals surface area (Å²) in [5.41, 5.74) is 0.997. The van der Waals surface area contributed by atoms with Gasteiger partial charge >= 0.3 is 5.97 Å². The van der Waals surface area contributed by atoms with Crippen molar-refractivity contribution in [1.82, 2.24) is 4.90 Å². The molecule has 3 rings (SSSR count). The molecular formula is C19H19NO7. The van der Waals surface area contributed by atoms with Gasteiger partial charge in [-0.25, -0.2) is 0 Å². The lowest BCUT2D eigenvalue weighted by molar-refractivity contribution is -0.137. The number of carbonyl (C=O) groups is 2. The van der Waals surface area contributed by atoms with Crippen molar-refractivity contribution in [2.24, 2.45) is 0 Å². The van der Waals surface area contributed by atoms with Crippen LogP contribution in [-0.2, 0) is 11.3 Å². The highest BCUT2D eigenvalue weighted by molar-refractivity contribution is 5.96. The first-order chi connectivity index (χ1) is 13.0. The molecule has 0 bridgehead atoms. The van der Waals surface area contributed by atoms with Gasteiger partial charge in [0, 0.05) is 18.2 Å². The predicted octanol–water partition coefficient (Wildman–Crippen LogP) is 2.16. The van der Waals surface area contributed by atoms with E-state index in [0.29, 0.717) is 34.1 Å². The number of carboxylic acids is 1. The largest absolute Gasteiger partial charge is 0.497 e. The van der Waals surface area contributed by atoms with Crippen molar-refractivity contribution in [3.63, 3.8) is 0 Å². The van der Waals surface area contributed by atoms with Crippen molar-refractivity contribution < 1.29 is 33.6 Å². The first-order valence-electron chi connectivity index (χ1n) is 8.13. The van der Waals surface area contributed by atoms with Crippen LogP contribution in [0.5, 0.6) is 23.0 Å². The van der Waals surface area contributed by atoms with E-state index in [0.717, 1.165) is 0 Å². The van der Waals surface area contributed by atoms with E-state index in [1.54, 1.807) is 36.4 Å². The van der Waals surface area contributed by atoms with Crippen LogP contribution in [0.1, 0.15) is 15.9 Å². The summed E-state index contributed by atoms with van der Waals surface area (Å²) in [5.74, 6) is 0.565. The Kier molecular flexibility index (Phi) is 5.35. The van der Waals surface area contributed by atoms with E-state index in [2.05, 4.69) is 0 Å². The standard InChI is InChI=1S/C19H19NO7/c1-24-14-5-12(6-15(8-14)25-2)9-20(10-18(21)22)19(23)13-3-4-16-17(7-13)27-11-26-16/h3-8H,9-11H2,1-2H3,(H,21,22). The van der Waals surface area contributed by atoms with Gasteiger partial charge in [0.1, 0.15) is 18.0 Å². The number of benzene rings is 2. The van der Waals surface area contributed by atoms with Crippen LogP contribution in [0.3, 0.4) is 0 Å². The Bertz CT molecular complexity index is 843. The quantitative estimate of drug-likeness (QED) is 0.795. The fraction of sp³-hybridized carbons (Fsp3) is 0.263. The maximum Gasteiger partial charge on any atom is 0.323 e. The number of fused-ring (bicyclic) bond motifs is 1. The highest BCUT2D eigenvalue weighted by atomic mass is 16.7. The maximum atomic E-state index is 12.9. The molecule has 8 heteroatoms. The summed E-state index contributed by atoms with van der Waals surface area (Å²) in [6.45, 7) is -0.282. The van der Waals surface area contributed by atoms with E-state index in [1.807, 2.05) is 0 Å². The van der Waals surface area contributed by atoms with Gasteiger partial charge in [-0.3, -0.25) is 9.59 Å². The van der Waals surface area contributed by atoms with E-state index in [-0.39, 0.29) is 13.3 Å². The van der Waals surface area contributed by atoms with Crippen LogP contribution >= 0.6 is 0 Å². The van der Waals surface area contributed by atoms with Gasteiger partial charge < -0.3 is 29.0 Å². The number of hydrogen-bond donors (Lipinski definition) is 1. The van der Waals surface area contributed by atoms with Gasteiger partial charge in [-0.15, -0.1) is 0 Å². The van der Waals surface area contributed by atoms with Gasteiger partial charge in [0.2, 0.25) is 6.79 Å². The Morgan fingerprint density at radius 1 is 1.04 bits per heavy atom. The minimum absolute atomic E-state index is 0.0765. The second-order valence-electron chi connectivity index (χ2n) is 5.84. The highest BCUT2D eigenvalue weighted by Gasteiger charge is 2.22. The highest BCUT2D eigenvalue weighted by Crippen LogP contribution is 2.33. The molecule has 1 aliphatic heterocycles. The summed E-state index contributed by atoms with van der Waals surface area (Å²) >= 11 is 0. The molecule has 27 heavy (non-hydrogen) atoms. The van der Waals surface area contributed by atoms with Crippen LogP contribution < -0.4 is 18.9 Å². The third-order valence-corrected chi connectivity index (χ3v) is 4.02. The molecular weight excluding hydrogens is 354 g/mol. The third-order valence-electron chi connectivity index (χ3n) is 4.02. The average Bonchev–Trinajstić information content (AvgIpc) is 3.13. The molecule has 0 radical (unpaired) electrons. The second kappa shape index (κ2) is 7.86. The minimum atomic E-state index is -1.11. The molecule has 142 valence electrons. The molecule has 2 aromatic carbocycles. The number of hydrogen-bond acceptors (Lipinski definition) is 6. The lowest BCUT2D eigenvalue weighted by Gasteiger charge is -2.21. The van der Waals surface area contributed by atoms with Crippen LogP contribution in [0.25, 0.3) is 0 Å². The van der Waals surface area contributed by atoms with Gasteiger partial charge in [-0.05, 0) is 35.9 Å². The number of rotatable bonds is 7. The Morgan fingerprint density at radius 2 is 1.70 bits per heavy atom. The van der Waals surface area contributed by atoms with E-state index >= 15 is 0 Å². The summed E-state index contributed by atoms with van der Waals surface area (Å²) < 4.78 is 21.0. The SMILES string of the molecule is COc1cc(CN(CC(=O)O)C(=O)c2ccc3c(c2)OCO3)cc(OC)c1. The van der Waals surface area contributed by atoms with Crippen molar-refractivity contribution in [3.05, 3.63) is 47.5 Å². The molecule has 1 amide bonds. The van der Waals surface area contributed by atoms with Gasteiger partial charge in [0.05, 0.1) is 14.2 Å². The van der Waals surface area contributed by atoms with Crippen molar-refractivity contribution in [2.45, 2.75) is 6.54 Å². The Morgan fingerprint density at radius 3 is 2.33 bits per heavy atom. The maximum absolute atomic E-state index is 12.9. The van der Waals surface area contributed by atoms with Crippen LogP contribution in [0.2, 0.25) is 0 Å². The summed E-state index contributed by atoms with van der Waals surface area (Å²) in [5, 5.41) is 9.23. The molecule has 0 atom stereocenters. The third kappa shape index (κ3) is 4.22. The fourth-order valence-electron chi connectivity index (χ4n) is 2.75. The minimum Gasteiger partial charge on any atom is -0.497 e. The van der Waals surface area contributed by atoms with Gasteiger partial charge in [0.15, 0.2) is 11.5 Å². The molecule has 0 fully saturated rings. The molecule has 2 aromatic rings. The molecule has 1 N–H and O–H groups in total. The smallest absolute Gasteiger partial charge is 0.323 e. The number of amides is 1.